The van der Waals surface area contributed by atoms with Gasteiger partial charge >= 0.3 is 0 Å². The molecule has 2 atom stereocenters. The van der Waals surface area contributed by atoms with E-state index in [4.69, 9.17) is 0 Å². The van der Waals surface area contributed by atoms with Crippen molar-refractivity contribution in [2.24, 2.45) is 16.3 Å². The molecule has 86 valence electrons. The number of amides is 1. The Balaban J connectivity index is 4.33. The van der Waals surface area contributed by atoms with E-state index in [1.807, 2.05) is 25.8 Å². The smallest absolute Gasteiger partial charge is 0.292 e. The van der Waals surface area contributed by atoms with Crippen molar-refractivity contribution in [1.29, 1.82) is 0 Å². The number of hydrogen-bond donors (Lipinski definition) is 0. The Morgan fingerprint density at radius 1 is 1.40 bits per heavy atom. The summed E-state index contributed by atoms with van der Waals surface area (Å²) >= 11 is 0. The summed E-state index contributed by atoms with van der Waals surface area (Å²) in [6.07, 6.45) is 0.931. The van der Waals surface area contributed by atoms with Gasteiger partial charge in [-0.05, 0) is 20.4 Å². The first-order valence-corrected chi connectivity index (χ1v) is 4.93. The van der Waals surface area contributed by atoms with Crippen molar-refractivity contribution in [3.8, 4) is 0 Å². The zero-order chi connectivity index (χ0) is 11.8. The molecule has 0 aromatic carbocycles. The van der Waals surface area contributed by atoms with Crippen molar-refractivity contribution in [2.45, 2.75) is 26.3 Å². The Bertz CT molecular complexity index is 233. The monoisotopic (exact) mass is 215 g/mol. The van der Waals surface area contributed by atoms with Crippen LogP contribution in [0.4, 0.5) is 0 Å². The van der Waals surface area contributed by atoms with E-state index in [1.165, 1.54) is 0 Å². The fraction of sp³-hybridized carbons (Fsp3) is 0.889. The predicted octanol–water partition coefficient (Wildman–Crippen LogP) is 1.39. The zero-order valence-corrected chi connectivity index (χ0v) is 9.34. The highest BCUT2D eigenvalue weighted by Crippen LogP contribution is 2.07. The summed E-state index contributed by atoms with van der Waals surface area (Å²) in [6.45, 7) is 4.18. The van der Waals surface area contributed by atoms with Gasteiger partial charge in [0.25, 0.3) is 5.91 Å². The lowest BCUT2D eigenvalue weighted by Gasteiger charge is -2.25. The molecule has 0 N–H and O–H groups in total. The average molecular weight is 215 g/mol. The standard InChI is InChI=1S/C9H17N3O3/c1-4-7(2)12(3)6-8(5-10-14)9(13)11-15/h7-8H,4-6H2,1-3H3. The molecule has 0 aliphatic heterocycles. The third-order valence-corrected chi connectivity index (χ3v) is 2.59. The topological polar surface area (TPSA) is 79.2 Å². The van der Waals surface area contributed by atoms with E-state index >= 15 is 0 Å². The van der Waals surface area contributed by atoms with Crippen LogP contribution in [0.5, 0.6) is 0 Å². The molecule has 1 amide bonds. The van der Waals surface area contributed by atoms with Gasteiger partial charge < -0.3 is 4.90 Å². The van der Waals surface area contributed by atoms with Crippen molar-refractivity contribution in [3.63, 3.8) is 0 Å². The highest BCUT2D eigenvalue weighted by atomic mass is 16.3. The maximum absolute atomic E-state index is 11.0. The van der Waals surface area contributed by atoms with Crippen molar-refractivity contribution < 1.29 is 4.79 Å². The SMILES string of the molecule is CCC(C)N(C)CC(CN=O)C(=O)N=O. The average Bonchev–Trinajstić information content (AvgIpc) is 2.26. The molecular weight excluding hydrogens is 198 g/mol. The van der Waals surface area contributed by atoms with Crippen LogP contribution in [0.3, 0.4) is 0 Å². The van der Waals surface area contributed by atoms with Crippen LogP contribution in [-0.4, -0.2) is 37.0 Å². The molecule has 0 saturated carbocycles. The predicted molar refractivity (Wildman–Crippen MR) is 57.3 cm³/mol. The van der Waals surface area contributed by atoms with Gasteiger partial charge in [-0.1, -0.05) is 12.1 Å². The minimum absolute atomic E-state index is 0.189. The minimum atomic E-state index is -0.801. The molecule has 0 fully saturated rings. The van der Waals surface area contributed by atoms with Crippen LogP contribution in [0.25, 0.3) is 0 Å². The molecule has 0 spiro atoms. The van der Waals surface area contributed by atoms with Crippen LogP contribution in [0.1, 0.15) is 20.3 Å². The summed E-state index contributed by atoms with van der Waals surface area (Å²) in [5.41, 5.74) is 0. The summed E-state index contributed by atoms with van der Waals surface area (Å²) in [4.78, 5) is 33.1. The number of hydrogen-bond acceptors (Lipinski definition) is 5. The summed E-state index contributed by atoms with van der Waals surface area (Å²) in [6, 6.07) is 0.290. The lowest BCUT2D eigenvalue weighted by atomic mass is 10.1. The van der Waals surface area contributed by atoms with Crippen LogP contribution in [0.15, 0.2) is 10.4 Å². The minimum Gasteiger partial charge on any atom is -0.303 e. The van der Waals surface area contributed by atoms with Crippen LogP contribution in [0, 0.1) is 15.7 Å². The molecule has 6 nitrogen and oxygen atoms in total. The fourth-order valence-corrected chi connectivity index (χ4v) is 1.22. The number of carbonyl (C=O) groups is 1. The van der Waals surface area contributed by atoms with Crippen LogP contribution in [-0.2, 0) is 4.79 Å². The molecule has 15 heavy (non-hydrogen) atoms. The van der Waals surface area contributed by atoms with Gasteiger partial charge in [-0.25, -0.2) is 0 Å². The number of nitrogens with zero attached hydrogens (tertiary/aromatic N) is 3. The molecule has 0 saturated heterocycles. The molecule has 6 heteroatoms. The zero-order valence-electron chi connectivity index (χ0n) is 9.34. The first kappa shape index (κ1) is 13.8. The van der Waals surface area contributed by atoms with Crippen molar-refractivity contribution in [2.75, 3.05) is 20.1 Å². The largest absolute Gasteiger partial charge is 0.303 e. The molecule has 0 heterocycles. The van der Waals surface area contributed by atoms with E-state index in [1.54, 1.807) is 0 Å². The number of carbonyl (C=O) groups excluding carboxylic acids is 1. The highest BCUT2D eigenvalue weighted by Gasteiger charge is 2.22. The highest BCUT2D eigenvalue weighted by molar-refractivity contribution is 5.79. The fourth-order valence-electron chi connectivity index (χ4n) is 1.22. The van der Waals surface area contributed by atoms with E-state index in [2.05, 4.69) is 10.4 Å². The Hall–Kier alpha value is -1.17. The van der Waals surface area contributed by atoms with E-state index in [9.17, 15) is 14.6 Å². The summed E-state index contributed by atoms with van der Waals surface area (Å²) in [5, 5.41) is 4.98. The van der Waals surface area contributed by atoms with Gasteiger partial charge in [-0.3, -0.25) is 4.79 Å². The molecule has 0 rings (SSSR count). The van der Waals surface area contributed by atoms with Gasteiger partial charge in [0.1, 0.15) is 0 Å². The second-order valence-electron chi connectivity index (χ2n) is 3.63. The maximum Gasteiger partial charge on any atom is 0.292 e. The first-order chi connectivity index (χ1) is 7.06. The van der Waals surface area contributed by atoms with Gasteiger partial charge in [0.05, 0.1) is 12.5 Å². The molecule has 0 aliphatic rings. The summed E-state index contributed by atoms with van der Waals surface area (Å²) in [7, 11) is 1.84. The van der Waals surface area contributed by atoms with E-state index < -0.39 is 11.8 Å². The third kappa shape index (κ3) is 4.73. The van der Waals surface area contributed by atoms with Crippen LogP contribution >= 0.6 is 0 Å². The third-order valence-electron chi connectivity index (χ3n) is 2.59. The Labute approximate surface area is 89.0 Å². The van der Waals surface area contributed by atoms with Crippen LogP contribution in [0.2, 0.25) is 0 Å². The lowest BCUT2D eigenvalue weighted by molar-refractivity contribution is -0.122. The lowest BCUT2D eigenvalue weighted by Crippen LogP contribution is -2.36. The number of rotatable bonds is 7. The van der Waals surface area contributed by atoms with Gasteiger partial charge in [-0.2, -0.15) is 4.91 Å². The van der Waals surface area contributed by atoms with E-state index in [-0.39, 0.29) is 6.54 Å². The van der Waals surface area contributed by atoms with Crippen molar-refractivity contribution in [3.05, 3.63) is 9.81 Å². The molecule has 0 aromatic rings. The Morgan fingerprint density at radius 2 is 2.00 bits per heavy atom. The normalized spacial score (nSPS) is 14.7. The van der Waals surface area contributed by atoms with Crippen molar-refractivity contribution in [1.82, 2.24) is 4.90 Å². The molecule has 0 aliphatic carbocycles. The molecule has 2 unspecified atom stereocenters. The number of nitroso groups, excluding NO2 is 2. The van der Waals surface area contributed by atoms with E-state index in [0.717, 1.165) is 6.42 Å². The Kier molecular flexibility index (Phi) is 6.61. The summed E-state index contributed by atoms with van der Waals surface area (Å²) in [5.74, 6) is -1.51. The molecule has 0 bridgehead atoms. The first-order valence-electron chi connectivity index (χ1n) is 4.93. The van der Waals surface area contributed by atoms with Crippen LogP contribution < -0.4 is 0 Å². The quantitative estimate of drug-likeness (QED) is 0.601. The molecule has 0 aromatic heterocycles. The second kappa shape index (κ2) is 7.17. The van der Waals surface area contributed by atoms with Gasteiger partial charge in [0.15, 0.2) is 0 Å². The molecular formula is C9H17N3O3. The van der Waals surface area contributed by atoms with Crippen molar-refractivity contribution >= 4 is 5.91 Å². The molecule has 0 radical (unpaired) electrons. The second-order valence-corrected chi connectivity index (χ2v) is 3.63. The maximum atomic E-state index is 11.0. The summed E-state index contributed by atoms with van der Waals surface area (Å²) < 4.78 is 0. The Morgan fingerprint density at radius 3 is 2.40 bits per heavy atom. The van der Waals surface area contributed by atoms with E-state index in [0.29, 0.717) is 12.6 Å². The van der Waals surface area contributed by atoms with Gasteiger partial charge in [0, 0.05) is 17.8 Å². The van der Waals surface area contributed by atoms with Gasteiger partial charge in [0.2, 0.25) is 0 Å². The van der Waals surface area contributed by atoms with Gasteiger partial charge in [-0.15, -0.1) is 4.91 Å².